The molecule has 0 saturated heterocycles. The molecule has 1 heterocycles. The van der Waals surface area contributed by atoms with Crippen molar-refractivity contribution in [2.45, 2.75) is 11.8 Å². The summed E-state index contributed by atoms with van der Waals surface area (Å²) in [5, 5.41) is 2.52. The van der Waals surface area contributed by atoms with Gasteiger partial charge in [0.15, 0.2) is 0 Å². The van der Waals surface area contributed by atoms with Gasteiger partial charge in [-0.3, -0.25) is 18.6 Å². The van der Waals surface area contributed by atoms with Crippen LogP contribution in [-0.4, -0.2) is 37.3 Å². The molecule has 3 aromatic rings. The molecular formula is C22H21ClN4O4S. The lowest BCUT2D eigenvalue weighted by atomic mass is 10.2. The maximum absolute atomic E-state index is 13.4. The van der Waals surface area contributed by atoms with Crippen molar-refractivity contribution >= 4 is 33.2 Å². The number of terminal acetylenes is 1. The lowest BCUT2D eigenvalue weighted by Crippen LogP contribution is -2.32. The van der Waals surface area contributed by atoms with E-state index in [1.165, 1.54) is 23.9 Å². The Bertz CT molecular complexity index is 1390. The van der Waals surface area contributed by atoms with Crippen molar-refractivity contribution in [3.63, 3.8) is 0 Å². The summed E-state index contributed by atoms with van der Waals surface area (Å²) in [4.78, 5) is 25.3. The third-order valence-electron chi connectivity index (χ3n) is 5.03. The molecule has 1 N–H and O–H groups in total. The van der Waals surface area contributed by atoms with Crippen LogP contribution in [0.2, 0.25) is 5.02 Å². The fourth-order valence-electron chi connectivity index (χ4n) is 3.26. The number of aromatic nitrogens is 2. The van der Waals surface area contributed by atoms with Crippen molar-refractivity contribution in [3.05, 3.63) is 75.2 Å². The number of carbonyl (C=O) groups excluding carboxylic acids is 1. The summed E-state index contributed by atoms with van der Waals surface area (Å²) in [5.41, 5.74) is 0.501. The number of amides is 1. The smallest absolute Gasteiger partial charge is 0.296 e. The van der Waals surface area contributed by atoms with Gasteiger partial charge in [-0.15, -0.1) is 6.42 Å². The van der Waals surface area contributed by atoms with Crippen molar-refractivity contribution in [2.75, 3.05) is 17.9 Å². The molecule has 0 aliphatic carbocycles. The number of nitrogens with zero attached hydrogens (tertiary/aromatic N) is 3. The first-order valence-electron chi connectivity index (χ1n) is 9.45. The average molecular weight is 473 g/mol. The molecule has 0 bridgehead atoms. The minimum absolute atomic E-state index is 0.00960. The number of para-hydroxylation sites is 1. The van der Waals surface area contributed by atoms with Gasteiger partial charge in [0, 0.05) is 14.1 Å². The van der Waals surface area contributed by atoms with Gasteiger partial charge >= 0.3 is 0 Å². The summed E-state index contributed by atoms with van der Waals surface area (Å²) in [7, 11) is -1.22. The van der Waals surface area contributed by atoms with Gasteiger partial charge in [-0.25, -0.2) is 13.1 Å². The number of rotatable bonds is 6. The zero-order valence-corrected chi connectivity index (χ0v) is 19.2. The summed E-state index contributed by atoms with van der Waals surface area (Å²) < 4.78 is 30.6. The van der Waals surface area contributed by atoms with E-state index in [0.717, 1.165) is 10.4 Å². The highest BCUT2D eigenvalue weighted by Crippen LogP contribution is 2.26. The van der Waals surface area contributed by atoms with Crippen LogP contribution in [0.3, 0.4) is 0 Å². The van der Waals surface area contributed by atoms with E-state index in [4.69, 9.17) is 18.0 Å². The molecule has 0 spiro atoms. The highest BCUT2D eigenvalue weighted by atomic mass is 35.5. The summed E-state index contributed by atoms with van der Waals surface area (Å²) in [6.45, 7) is 1.62. The van der Waals surface area contributed by atoms with Crippen LogP contribution in [0.1, 0.15) is 16.1 Å². The normalized spacial score (nSPS) is 11.1. The van der Waals surface area contributed by atoms with Crippen molar-refractivity contribution in [1.82, 2.24) is 14.7 Å². The summed E-state index contributed by atoms with van der Waals surface area (Å²) in [5.74, 6) is 1.66. The summed E-state index contributed by atoms with van der Waals surface area (Å²) >= 11 is 6.08. The number of carbonyl (C=O) groups is 1. The molecule has 1 aromatic heterocycles. The van der Waals surface area contributed by atoms with Gasteiger partial charge in [-0.1, -0.05) is 35.7 Å². The van der Waals surface area contributed by atoms with Crippen LogP contribution in [0.4, 0.5) is 5.69 Å². The molecule has 2 aromatic carbocycles. The van der Waals surface area contributed by atoms with Crippen LogP contribution < -0.4 is 15.2 Å². The predicted octanol–water partition coefficient (Wildman–Crippen LogP) is 2.33. The van der Waals surface area contributed by atoms with E-state index in [1.807, 2.05) is 6.07 Å². The SMILES string of the molecule is C#CCNC(=O)c1cc(S(=O)(=O)N(C)c2c(C)n(C)n(-c3ccccc3)c2=O)ccc1Cl. The van der Waals surface area contributed by atoms with E-state index in [-0.39, 0.29) is 27.7 Å². The van der Waals surface area contributed by atoms with Gasteiger partial charge in [-0.05, 0) is 37.3 Å². The molecule has 0 atom stereocenters. The Morgan fingerprint density at radius 1 is 1.22 bits per heavy atom. The highest BCUT2D eigenvalue weighted by Gasteiger charge is 2.29. The maximum atomic E-state index is 13.4. The second-order valence-electron chi connectivity index (χ2n) is 6.91. The Morgan fingerprint density at radius 3 is 2.50 bits per heavy atom. The Balaban J connectivity index is 2.09. The number of benzene rings is 2. The number of anilines is 1. The predicted molar refractivity (Wildman–Crippen MR) is 124 cm³/mol. The Hall–Kier alpha value is -3.48. The van der Waals surface area contributed by atoms with E-state index in [1.54, 1.807) is 42.9 Å². The zero-order valence-electron chi connectivity index (χ0n) is 17.7. The lowest BCUT2D eigenvalue weighted by molar-refractivity contribution is 0.0958. The number of hydrogen-bond acceptors (Lipinski definition) is 4. The first-order valence-corrected chi connectivity index (χ1v) is 11.3. The third-order valence-corrected chi connectivity index (χ3v) is 7.11. The van der Waals surface area contributed by atoms with Crippen molar-refractivity contribution in [1.29, 1.82) is 0 Å². The van der Waals surface area contributed by atoms with Crippen LogP contribution in [0, 0.1) is 19.3 Å². The Morgan fingerprint density at radius 2 is 1.88 bits per heavy atom. The topological polar surface area (TPSA) is 93.4 Å². The molecule has 0 aliphatic rings. The average Bonchev–Trinajstić information content (AvgIpc) is 3.00. The van der Waals surface area contributed by atoms with Crippen molar-refractivity contribution in [3.8, 4) is 18.0 Å². The molecule has 10 heteroatoms. The molecule has 0 saturated carbocycles. The molecule has 8 nitrogen and oxygen atoms in total. The number of halogens is 1. The van der Waals surface area contributed by atoms with Crippen LogP contribution in [0.15, 0.2) is 58.2 Å². The molecule has 0 unspecified atom stereocenters. The van der Waals surface area contributed by atoms with Crippen LogP contribution in [-0.2, 0) is 17.1 Å². The third kappa shape index (κ3) is 4.02. The van der Waals surface area contributed by atoms with E-state index in [2.05, 4.69) is 11.2 Å². The fourth-order valence-corrected chi connectivity index (χ4v) is 4.74. The van der Waals surface area contributed by atoms with Gasteiger partial charge in [-0.2, -0.15) is 0 Å². The molecule has 1 amide bonds. The molecular weight excluding hydrogens is 452 g/mol. The molecule has 3 rings (SSSR count). The van der Waals surface area contributed by atoms with Crippen LogP contribution >= 0.6 is 11.6 Å². The molecule has 166 valence electrons. The number of sulfonamides is 1. The quantitative estimate of drug-likeness (QED) is 0.557. The van der Waals surface area contributed by atoms with Gasteiger partial charge in [0.25, 0.3) is 21.5 Å². The van der Waals surface area contributed by atoms with Gasteiger partial charge < -0.3 is 5.32 Å². The maximum Gasteiger partial charge on any atom is 0.296 e. The standard InChI is InChI=1S/C22H21ClN4O4S/c1-5-13-24-21(28)18-14-17(11-12-19(18)23)32(30,31)26(4)20-15(2)25(3)27(22(20)29)16-9-7-6-8-10-16/h1,6-12,14H,13H2,2-4H3,(H,24,28). The second kappa shape index (κ2) is 8.94. The van der Waals surface area contributed by atoms with E-state index in [0.29, 0.717) is 11.4 Å². The van der Waals surface area contributed by atoms with E-state index < -0.39 is 21.5 Å². The lowest BCUT2D eigenvalue weighted by Gasteiger charge is -2.19. The largest absolute Gasteiger partial charge is 0.341 e. The molecule has 0 fully saturated rings. The number of hydrogen-bond donors (Lipinski definition) is 1. The fraction of sp³-hybridized carbons (Fsp3) is 0.182. The Labute approximate surface area is 191 Å². The summed E-state index contributed by atoms with van der Waals surface area (Å²) in [6, 6.07) is 12.6. The second-order valence-corrected chi connectivity index (χ2v) is 9.29. The van der Waals surface area contributed by atoms with Crippen molar-refractivity contribution in [2.24, 2.45) is 7.05 Å². The van der Waals surface area contributed by atoms with Crippen LogP contribution in [0.25, 0.3) is 5.69 Å². The minimum atomic E-state index is -4.19. The van der Waals surface area contributed by atoms with Gasteiger partial charge in [0.1, 0.15) is 5.69 Å². The zero-order chi connectivity index (χ0) is 23.6. The first kappa shape index (κ1) is 23.2. The van der Waals surface area contributed by atoms with Gasteiger partial charge in [0.2, 0.25) is 0 Å². The van der Waals surface area contributed by atoms with E-state index >= 15 is 0 Å². The van der Waals surface area contributed by atoms with Crippen LogP contribution in [0.5, 0.6) is 0 Å². The Kier molecular flexibility index (Phi) is 6.48. The van der Waals surface area contributed by atoms with E-state index in [9.17, 15) is 18.0 Å². The van der Waals surface area contributed by atoms with Crippen molar-refractivity contribution < 1.29 is 13.2 Å². The number of nitrogens with one attached hydrogen (secondary N) is 1. The molecule has 0 aliphatic heterocycles. The van der Waals surface area contributed by atoms with Gasteiger partial charge in [0.05, 0.1) is 33.4 Å². The highest BCUT2D eigenvalue weighted by molar-refractivity contribution is 7.92. The molecule has 32 heavy (non-hydrogen) atoms. The summed E-state index contributed by atoms with van der Waals surface area (Å²) in [6.07, 6.45) is 5.15. The molecule has 0 radical (unpaired) electrons. The first-order chi connectivity index (χ1) is 15.1. The minimum Gasteiger partial charge on any atom is -0.341 e. The monoisotopic (exact) mass is 472 g/mol.